The molecule has 0 saturated heterocycles. The van der Waals surface area contributed by atoms with Crippen LogP contribution in [0, 0.1) is 13.8 Å². The Hall–Kier alpha value is -1.35. The van der Waals surface area contributed by atoms with Crippen LogP contribution in [-0.2, 0) is 4.79 Å². The summed E-state index contributed by atoms with van der Waals surface area (Å²) < 4.78 is 0. The molecule has 1 unspecified atom stereocenters. The molecule has 16 heavy (non-hydrogen) atoms. The van der Waals surface area contributed by atoms with Gasteiger partial charge < -0.3 is 11.1 Å². The van der Waals surface area contributed by atoms with Gasteiger partial charge in [-0.15, -0.1) is 0 Å². The summed E-state index contributed by atoms with van der Waals surface area (Å²) in [6.07, 6.45) is 1.20. The molecule has 0 aromatic heterocycles. The predicted octanol–water partition coefficient (Wildman–Crippen LogP) is 2.37. The van der Waals surface area contributed by atoms with Gasteiger partial charge in [0.05, 0.1) is 0 Å². The molecule has 0 aliphatic heterocycles. The van der Waals surface area contributed by atoms with Gasteiger partial charge in [0.1, 0.15) is 0 Å². The normalized spacial score (nSPS) is 12.2. The van der Waals surface area contributed by atoms with Gasteiger partial charge in [-0.05, 0) is 37.5 Å². The van der Waals surface area contributed by atoms with Crippen molar-refractivity contribution in [3.05, 3.63) is 29.3 Å². The predicted molar refractivity (Wildman–Crippen MR) is 67.4 cm³/mol. The molecule has 0 aliphatic carbocycles. The Morgan fingerprint density at radius 3 is 2.75 bits per heavy atom. The number of hydrogen-bond donors (Lipinski definition) is 2. The van der Waals surface area contributed by atoms with Crippen molar-refractivity contribution in [2.45, 2.75) is 39.7 Å². The van der Waals surface area contributed by atoms with Gasteiger partial charge in [-0.3, -0.25) is 4.79 Å². The Bertz CT molecular complexity index is 374. The summed E-state index contributed by atoms with van der Waals surface area (Å²) in [5, 5.41) is 2.90. The number of rotatable bonds is 4. The lowest BCUT2D eigenvalue weighted by Gasteiger charge is -2.12. The molecule has 0 radical (unpaired) electrons. The number of aryl methyl sites for hydroxylation is 1. The molecule has 1 aromatic carbocycles. The summed E-state index contributed by atoms with van der Waals surface area (Å²) in [6.45, 7) is 6.02. The van der Waals surface area contributed by atoms with Crippen LogP contribution in [0.3, 0.4) is 0 Å². The molecule has 0 aliphatic rings. The third-order valence-corrected chi connectivity index (χ3v) is 2.85. The summed E-state index contributed by atoms with van der Waals surface area (Å²) in [4.78, 5) is 11.7. The van der Waals surface area contributed by atoms with Gasteiger partial charge in [-0.2, -0.15) is 0 Å². The van der Waals surface area contributed by atoms with E-state index in [1.807, 2.05) is 39.0 Å². The highest BCUT2D eigenvalue weighted by molar-refractivity contribution is 5.92. The molecule has 1 amide bonds. The van der Waals surface area contributed by atoms with Crippen molar-refractivity contribution in [3.63, 3.8) is 0 Å². The molecular weight excluding hydrogens is 200 g/mol. The zero-order valence-corrected chi connectivity index (χ0v) is 10.2. The van der Waals surface area contributed by atoms with Crippen molar-refractivity contribution in [1.82, 2.24) is 0 Å². The fraction of sp³-hybridized carbons (Fsp3) is 0.462. The molecule has 3 nitrogen and oxygen atoms in total. The summed E-state index contributed by atoms with van der Waals surface area (Å²) in [7, 11) is 0. The van der Waals surface area contributed by atoms with Gasteiger partial charge in [0, 0.05) is 18.2 Å². The summed E-state index contributed by atoms with van der Waals surface area (Å²) in [5.41, 5.74) is 8.91. The number of carbonyl (C=O) groups is 1. The molecular formula is C13H20N2O. The van der Waals surface area contributed by atoms with Crippen LogP contribution in [0.1, 0.15) is 30.9 Å². The minimum absolute atomic E-state index is 0.0111. The third kappa shape index (κ3) is 3.35. The molecule has 1 aromatic rings. The lowest BCUT2D eigenvalue weighted by atomic mass is 10.1. The zero-order chi connectivity index (χ0) is 12.1. The fourth-order valence-electron chi connectivity index (χ4n) is 1.47. The molecule has 3 heteroatoms. The second kappa shape index (κ2) is 5.66. The Morgan fingerprint density at radius 1 is 1.44 bits per heavy atom. The molecule has 0 heterocycles. The number of carbonyl (C=O) groups excluding carboxylic acids is 1. The van der Waals surface area contributed by atoms with Crippen LogP contribution in [0.4, 0.5) is 5.69 Å². The van der Waals surface area contributed by atoms with Crippen molar-refractivity contribution in [2.24, 2.45) is 5.73 Å². The van der Waals surface area contributed by atoms with Crippen molar-refractivity contribution in [3.8, 4) is 0 Å². The Morgan fingerprint density at radius 2 is 2.12 bits per heavy atom. The van der Waals surface area contributed by atoms with E-state index in [-0.39, 0.29) is 11.9 Å². The first-order chi connectivity index (χ1) is 7.54. The van der Waals surface area contributed by atoms with Gasteiger partial charge in [-0.25, -0.2) is 0 Å². The number of nitrogens with two attached hydrogens (primary N) is 1. The first-order valence-corrected chi connectivity index (χ1v) is 5.66. The van der Waals surface area contributed by atoms with Gasteiger partial charge in [0.15, 0.2) is 0 Å². The molecule has 88 valence electrons. The van der Waals surface area contributed by atoms with Crippen LogP contribution in [-0.4, -0.2) is 11.9 Å². The molecule has 0 saturated carbocycles. The number of hydrogen-bond acceptors (Lipinski definition) is 2. The zero-order valence-electron chi connectivity index (χ0n) is 10.2. The van der Waals surface area contributed by atoms with E-state index in [1.54, 1.807) is 0 Å². The maximum atomic E-state index is 11.7. The maximum absolute atomic E-state index is 11.7. The first-order valence-electron chi connectivity index (χ1n) is 5.66. The molecule has 0 spiro atoms. The average molecular weight is 220 g/mol. The first kappa shape index (κ1) is 12.7. The van der Waals surface area contributed by atoms with Gasteiger partial charge >= 0.3 is 0 Å². The highest BCUT2D eigenvalue weighted by Crippen LogP contribution is 2.18. The van der Waals surface area contributed by atoms with Crippen LogP contribution >= 0.6 is 0 Å². The lowest BCUT2D eigenvalue weighted by Crippen LogP contribution is -2.26. The van der Waals surface area contributed by atoms with E-state index in [4.69, 9.17) is 5.73 Å². The monoisotopic (exact) mass is 220 g/mol. The van der Waals surface area contributed by atoms with E-state index >= 15 is 0 Å². The number of nitrogens with one attached hydrogen (secondary N) is 1. The standard InChI is InChI=1S/C13H20N2O/c1-4-11(14)8-13(16)15-12-7-5-6-9(2)10(12)3/h5-7,11H,4,8,14H2,1-3H3,(H,15,16). The summed E-state index contributed by atoms with van der Waals surface area (Å²) in [5.74, 6) is -0.0111. The Labute approximate surface area is 97.0 Å². The van der Waals surface area contributed by atoms with Gasteiger partial charge in [0.2, 0.25) is 5.91 Å². The highest BCUT2D eigenvalue weighted by Gasteiger charge is 2.09. The van der Waals surface area contributed by atoms with Crippen LogP contribution in [0.2, 0.25) is 0 Å². The minimum Gasteiger partial charge on any atom is -0.327 e. The number of benzene rings is 1. The van der Waals surface area contributed by atoms with Crippen LogP contribution < -0.4 is 11.1 Å². The number of anilines is 1. The van der Waals surface area contributed by atoms with E-state index in [1.165, 1.54) is 5.56 Å². The molecule has 0 fully saturated rings. The van der Waals surface area contributed by atoms with Crippen LogP contribution in [0.15, 0.2) is 18.2 Å². The van der Waals surface area contributed by atoms with E-state index in [0.29, 0.717) is 6.42 Å². The van der Waals surface area contributed by atoms with E-state index in [9.17, 15) is 4.79 Å². The molecule has 1 atom stereocenters. The molecule has 1 rings (SSSR count). The Balaban J connectivity index is 2.66. The van der Waals surface area contributed by atoms with Gasteiger partial charge in [0.25, 0.3) is 0 Å². The average Bonchev–Trinajstić information content (AvgIpc) is 2.24. The minimum atomic E-state index is -0.0508. The van der Waals surface area contributed by atoms with Gasteiger partial charge in [-0.1, -0.05) is 19.1 Å². The largest absolute Gasteiger partial charge is 0.327 e. The summed E-state index contributed by atoms with van der Waals surface area (Å²) in [6, 6.07) is 5.84. The lowest BCUT2D eigenvalue weighted by molar-refractivity contribution is -0.116. The van der Waals surface area contributed by atoms with Crippen LogP contribution in [0.25, 0.3) is 0 Å². The van der Waals surface area contributed by atoms with Crippen molar-refractivity contribution in [2.75, 3.05) is 5.32 Å². The number of amides is 1. The van der Waals surface area contributed by atoms with Crippen molar-refractivity contribution >= 4 is 11.6 Å². The van der Waals surface area contributed by atoms with Crippen molar-refractivity contribution < 1.29 is 4.79 Å². The van der Waals surface area contributed by atoms with Crippen molar-refractivity contribution in [1.29, 1.82) is 0 Å². The second-order valence-electron chi connectivity index (χ2n) is 4.17. The smallest absolute Gasteiger partial charge is 0.225 e. The van der Waals surface area contributed by atoms with E-state index in [0.717, 1.165) is 17.7 Å². The van der Waals surface area contributed by atoms with Crippen LogP contribution in [0.5, 0.6) is 0 Å². The summed E-state index contributed by atoms with van der Waals surface area (Å²) >= 11 is 0. The van der Waals surface area contributed by atoms with E-state index in [2.05, 4.69) is 5.32 Å². The Kier molecular flexibility index (Phi) is 4.50. The third-order valence-electron chi connectivity index (χ3n) is 2.85. The molecule has 0 bridgehead atoms. The second-order valence-corrected chi connectivity index (χ2v) is 4.17. The topological polar surface area (TPSA) is 55.1 Å². The highest BCUT2D eigenvalue weighted by atomic mass is 16.1. The molecule has 3 N–H and O–H groups in total. The fourth-order valence-corrected chi connectivity index (χ4v) is 1.47. The van der Waals surface area contributed by atoms with E-state index < -0.39 is 0 Å². The SMILES string of the molecule is CCC(N)CC(=O)Nc1cccc(C)c1C. The quantitative estimate of drug-likeness (QED) is 0.818. The maximum Gasteiger partial charge on any atom is 0.225 e.